The smallest absolute Gasteiger partial charge is 0.203 e. The van der Waals surface area contributed by atoms with Crippen molar-refractivity contribution in [1.29, 1.82) is 0 Å². The van der Waals surface area contributed by atoms with Crippen LogP contribution in [0, 0.1) is 5.92 Å². The zero-order valence-corrected chi connectivity index (χ0v) is 10.7. The minimum atomic E-state index is 0.623. The Balaban J connectivity index is 1.69. The van der Waals surface area contributed by atoms with E-state index in [4.69, 9.17) is 0 Å². The molecule has 2 atom stereocenters. The van der Waals surface area contributed by atoms with Gasteiger partial charge >= 0.3 is 0 Å². The fraction of sp³-hybridized carbons (Fsp3) is 0.786. The van der Waals surface area contributed by atoms with Crippen LogP contribution in [0.2, 0.25) is 0 Å². The van der Waals surface area contributed by atoms with Gasteiger partial charge in [0.1, 0.15) is 0 Å². The summed E-state index contributed by atoms with van der Waals surface area (Å²) in [6.45, 7) is 2.38. The Hall–Kier alpha value is -0.990. The minimum absolute atomic E-state index is 0.623. The lowest BCUT2D eigenvalue weighted by Gasteiger charge is -2.23. The van der Waals surface area contributed by atoms with Crippen molar-refractivity contribution in [2.24, 2.45) is 5.92 Å². The van der Waals surface area contributed by atoms with Crippen LogP contribution in [0.4, 0.5) is 5.95 Å². The van der Waals surface area contributed by atoms with Gasteiger partial charge in [0.15, 0.2) is 0 Å². The monoisotopic (exact) mass is 233 g/mol. The van der Waals surface area contributed by atoms with E-state index in [1.165, 1.54) is 44.9 Å². The van der Waals surface area contributed by atoms with Gasteiger partial charge < -0.3 is 9.88 Å². The van der Waals surface area contributed by atoms with E-state index in [9.17, 15) is 0 Å². The Labute approximate surface area is 104 Å². The van der Waals surface area contributed by atoms with E-state index < -0.39 is 0 Å². The normalized spacial score (nSPS) is 29.9. The molecule has 0 aromatic carbocycles. The molecule has 3 rings (SSSR count). The van der Waals surface area contributed by atoms with Gasteiger partial charge in [0, 0.05) is 24.5 Å². The van der Waals surface area contributed by atoms with E-state index in [0.29, 0.717) is 6.04 Å². The molecule has 0 aliphatic heterocycles. The first kappa shape index (κ1) is 11.1. The van der Waals surface area contributed by atoms with Crippen LogP contribution in [0.25, 0.3) is 0 Å². The minimum Gasteiger partial charge on any atom is -0.353 e. The SMILES string of the molecule is CC1CCCCCC1Nc1nccn1C1CC1. The number of hydrogen-bond donors (Lipinski definition) is 1. The molecule has 1 aromatic heterocycles. The molecule has 0 amide bonds. The third kappa shape index (κ3) is 2.48. The average Bonchev–Trinajstić information content (AvgIpc) is 3.09. The summed E-state index contributed by atoms with van der Waals surface area (Å²) in [5, 5.41) is 3.69. The van der Waals surface area contributed by atoms with Crippen molar-refractivity contribution in [1.82, 2.24) is 9.55 Å². The lowest BCUT2D eigenvalue weighted by Crippen LogP contribution is -2.27. The fourth-order valence-electron chi connectivity index (χ4n) is 2.95. The van der Waals surface area contributed by atoms with Gasteiger partial charge in [0.05, 0.1) is 0 Å². The highest BCUT2D eigenvalue weighted by Crippen LogP contribution is 2.37. The lowest BCUT2D eigenvalue weighted by molar-refractivity contribution is 0.452. The molecule has 2 aliphatic carbocycles. The van der Waals surface area contributed by atoms with E-state index in [2.05, 4.69) is 28.0 Å². The maximum atomic E-state index is 4.49. The first-order chi connectivity index (χ1) is 8.34. The van der Waals surface area contributed by atoms with Gasteiger partial charge in [-0.2, -0.15) is 0 Å². The zero-order valence-electron chi connectivity index (χ0n) is 10.7. The van der Waals surface area contributed by atoms with Crippen molar-refractivity contribution in [2.75, 3.05) is 5.32 Å². The molecule has 17 heavy (non-hydrogen) atoms. The van der Waals surface area contributed by atoms with Crippen molar-refractivity contribution in [3.05, 3.63) is 12.4 Å². The third-order valence-electron chi connectivity index (χ3n) is 4.28. The highest BCUT2D eigenvalue weighted by molar-refractivity contribution is 5.29. The van der Waals surface area contributed by atoms with Crippen molar-refractivity contribution in [3.8, 4) is 0 Å². The molecule has 1 N–H and O–H groups in total. The van der Waals surface area contributed by atoms with E-state index >= 15 is 0 Å². The number of imidazole rings is 1. The molecule has 0 radical (unpaired) electrons. The van der Waals surface area contributed by atoms with Crippen LogP contribution in [0.3, 0.4) is 0 Å². The average molecular weight is 233 g/mol. The molecule has 94 valence electrons. The molecule has 2 unspecified atom stereocenters. The molecule has 3 heteroatoms. The Kier molecular flexibility index (Phi) is 3.08. The zero-order chi connectivity index (χ0) is 11.7. The maximum absolute atomic E-state index is 4.49. The lowest BCUT2D eigenvalue weighted by atomic mass is 9.97. The van der Waals surface area contributed by atoms with Gasteiger partial charge in [-0.05, 0) is 31.6 Å². The molecule has 0 bridgehead atoms. The predicted molar refractivity (Wildman–Crippen MR) is 70.2 cm³/mol. The Morgan fingerprint density at radius 3 is 2.82 bits per heavy atom. The van der Waals surface area contributed by atoms with Crippen LogP contribution in [0.5, 0.6) is 0 Å². The second-order valence-electron chi connectivity index (χ2n) is 5.76. The second kappa shape index (κ2) is 4.71. The van der Waals surface area contributed by atoms with Crippen molar-refractivity contribution in [3.63, 3.8) is 0 Å². The quantitative estimate of drug-likeness (QED) is 0.808. The van der Waals surface area contributed by atoms with E-state index in [-0.39, 0.29) is 0 Å². The van der Waals surface area contributed by atoms with Crippen LogP contribution in [-0.4, -0.2) is 15.6 Å². The molecular formula is C14H23N3. The molecule has 2 saturated carbocycles. The summed E-state index contributed by atoms with van der Waals surface area (Å²) in [5.74, 6) is 1.88. The predicted octanol–water partition coefficient (Wildman–Crippen LogP) is 3.60. The summed E-state index contributed by atoms with van der Waals surface area (Å²) in [4.78, 5) is 4.49. The number of nitrogens with one attached hydrogen (secondary N) is 1. The number of aromatic nitrogens is 2. The van der Waals surface area contributed by atoms with Crippen LogP contribution >= 0.6 is 0 Å². The van der Waals surface area contributed by atoms with Gasteiger partial charge in [-0.3, -0.25) is 0 Å². The molecule has 2 aliphatic rings. The first-order valence-electron chi connectivity index (χ1n) is 7.14. The van der Waals surface area contributed by atoms with Gasteiger partial charge in [-0.25, -0.2) is 4.98 Å². The van der Waals surface area contributed by atoms with E-state index in [1.807, 2.05) is 6.20 Å². The number of nitrogens with zero attached hydrogens (tertiary/aromatic N) is 2. The van der Waals surface area contributed by atoms with Crippen molar-refractivity contribution >= 4 is 5.95 Å². The molecule has 0 spiro atoms. The Morgan fingerprint density at radius 1 is 1.18 bits per heavy atom. The molecule has 0 saturated heterocycles. The Bertz CT molecular complexity index is 367. The van der Waals surface area contributed by atoms with Gasteiger partial charge in [-0.1, -0.05) is 26.2 Å². The van der Waals surface area contributed by atoms with Crippen molar-refractivity contribution in [2.45, 2.75) is 64.0 Å². The summed E-state index contributed by atoms with van der Waals surface area (Å²) in [6.07, 6.45) is 13.5. The van der Waals surface area contributed by atoms with Gasteiger partial charge in [-0.15, -0.1) is 0 Å². The summed E-state index contributed by atoms with van der Waals surface area (Å²) in [6, 6.07) is 1.35. The van der Waals surface area contributed by atoms with Crippen LogP contribution < -0.4 is 5.32 Å². The molecule has 1 aromatic rings. The highest BCUT2D eigenvalue weighted by atomic mass is 15.2. The van der Waals surface area contributed by atoms with E-state index in [1.54, 1.807) is 0 Å². The fourth-order valence-corrected chi connectivity index (χ4v) is 2.95. The van der Waals surface area contributed by atoms with Gasteiger partial charge in [0.2, 0.25) is 5.95 Å². The molecular weight excluding hydrogens is 210 g/mol. The largest absolute Gasteiger partial charge is 0.353 e. The third-order valence-corrected chi connectivity index (χ3v) is 4.28. The van der Waals surface area contributed by atoms with E-state index in [0.717, 1.165) is 17.9 Å². The summed E-state index contributed by atoms with van der Waals surface area (Å²) in [7, 11) is 0. The Morgan fingerprint density at radius 2 is 2.00 bits per heavy atom. The molecule has 2 fully saturated rings. The van der Waals surface area contributed by atoms with Crippen molar-refractivity contribution < 1.29 is 0 Å². The number of anilines is 1. The second-order valence-corrected chi connectivity index (χ2v) is 5.76. The maximum Gasteiger partial charge on any atom is 0.203 e. The standard InChI is InChI=1S/C14H23N3/c1-11-5-3-2-4-6-13(11)16-14-15-9-10-17(14)12-7-8-12/h9-13H,2-8H2,1H3,(H,15,16). The van der Waals surface area contributed by atoms with Crippen LogP contribution in [-0.2, 0) is 0 Å². The summed E-state index contributed by atoms with van der Waals surface area (Å²) < 4.78 is 2.33. The van der Waals surface area contributed by atoms with Crippen LogP contribution in [0.1, 0.15) is 57.9 Å². The highest BCUT2D eigenvalue weighted by Gasteiger charge is 2.27. The summed E-state index contributed by atoms with van der Waals surface area (Å²) in [5.41, 5.74) is 0. The first-order valence-corrected chi connectivity index (χ1v) is 7.14. The molecule has 3 nitrogen and oxygen atoms in total. The van der Waals surface area contributed by atoms with Gasteiger partial charge in [0.25, 0.3) is 0 Å². The topological polar surface area (TPSA) is 29.9 Å². The summed E-state index contributed by atoms with van der Waals surface area (Å²) >= 11 is 0. The number of rotatable bonds is 3. The molecule has 1 heterocycles. The van der Waals surface area contributed by atoms with Crippen LogP contribution in [0.15, 0.2) is 12.4 Å². The number of hydrogen-bond acceptors (Lipinski definition) is 2.